The standard InChI is InChI=1S/C16H22N2O3/c1-13-4-2-5-14(8-13)18-7-3-6-15(18)9-17-16(10-19,11-20)12-21/h2-8,17,19-21H,9-12H2,1H3. The first kappa shape index (κ1) is 15.7. The highest BCUT2D eigenvalue weighted by Gasteiger charge is 2.27. The van der Waals surface area contributed by atoms with Gasteiger partial charge in [-0.25, -0.2) is 0 Å². The molecule has 2 rings (SSSR count). The average Bonchev–Trinajstić information content (AvgIpc) is 2.98. The first-order chi connectivity index (χ1) is 10.1. The number of aliphatic hydroxyl groups is 3. The summed E-state index contributed by atoms with van der Waals surface area (Å²) in [5, 5.41) is 31.1. The molecule has 1 aromatic carbocycles. The molecule has 0 amide bonds. The maximum Gasteiger partial charge on any atom is 0.0884 e. The van der Waals surface area contributed by atoms with E-state index in [4.69, 9.17) is 0 Å². The number of nitrogens with zero attached hydrogens (tertiary/aromatic N) is 1. The number of benzene rings is 1. The predicted octanol–water partition coefficient (Wildman–Crippen LogP) is 0.591. The van der Waals surface area contributed by atoms with Gasteiger partial charge in [0.05, 0.1) is 25.4 Å². The van der Waals surface area contributed by atoms with E-state index in [9.17, 15) is 15.3 Å². The Balaban J connectivity index is 2.18. The lowest BCUT2D eigenvalue weighted by Crippen LogP contribution is -2.54. The molecule has 2 aromatic rings. The van der Waals surface area contributed by atoms with Crippen LogP contribution in [0.25, 0.3) is 5.69 Å². The Kier molecular flexibility index (Phi) is 5.14. The first-order valence-corrected chi connectivity index (χ1v) is 6.95. The molecule has 0 aliphatic rings. The maximum absolute atomic E-state index is 9.34. The van der Waals surface area contributed by atoms with Crippen LogP contribution in [0, 0.1) is 6.92 Å². The number of aliphatic hydroxyl groups excluding tert-OH is 3. The Labute approximate surface area is 124 Å². The van der Waals surface area contributed by atoms with E-state index in [0.717, 1.165) is 11.4 Å². The molecule has 0 aliphatic heterocycles. The molecule has 0 radical (unpaired) electrons. The van der Waals surface area contributed by atoms with Crippen LogP contribution < -0.4 is 5.32 Å². The largest absolute Gasteiger partial charge is 0.394 e. The molecule has 0 fully saturated rings. The third-order valence-corrected chi connectivity index (χ3v) is 3.67. The summed E-state index contributed by atoms with van der Waals surface area (Å²) in [5.41, 5.74) is 2.15. The van der Waals surface area contributed by atoms with Crippen molar-refractivity contribution in [2.75, 3.05) is 19.8 Å². The summed E-state index contributed by atoms with van der Waals surface area (Å²) in [6.07, 6.45) is 1.96. The van der Waals surface area contributed by atoms with Crippen LogP contribution in [0.4, 0.5) is 0 Å². The van der Waals surface area contributed by atoms with Gasteiger partial charge in [-0.15, -0.1) is 0 Å². The van der Waals surface area contributed by atoms with Gasteiger partial charge in [-0.1, -0.05) is 12.1 Å². The van der Waals surface area contributed by atoms with E-state index in [0.29, 0.717) is 6.54 Å². The topological polar surface area (TPSA) is 77.7 Å². The smallest absolute Gasteiger partial charge is 0.0884 e. The maximum atomic E-state index is 9.34. The number of hydrogen-bond donors (Lipinski definition) is 4. The van der Waals surface area contributed by atoms with E-state index in [1.165, 1.54) is 5.56 Å². The predicted molar refractivity (Wildman–Crippen MR) is 81.3 cm³/mol. The zero-order chi connectivity index (χ0) is 15.3. The Morgan fingerprint density at radius 3 is 2.38 bits per heavy atom. The molecule has 0 bridgehead atoms. The molecule has 4 N–H and O–H groups in total. The lowest BCUT2D eigenvalue weighted by Gasteiger charge is -2.29. The van der Waals surface area contributed by atoms with Gasteiger partial charge >= 0.3 is 0 Å². The van der Waals surface area contributed by atoms with Crippen molar-refractivity contribution in [3.8, 4) is 5.69 Å². The van der Waals surface area contributed by atoms with Gasteiger partial charge in [0, 0.05) is 24.1 Å². The Hall–Kier alpha value is -1.66. The second-order valence-corrected chi connectivity index (χ2v) is 5.32. The zero-order valence-corrected chi connectivity index (χ0v) is 12.2. The molecule has 1 aromatic heterocycles. The molecule has 5 heteroatoms. The van der Waals surface area contributed by atoms with Gasteiger partial charge in [0.25, 0.3) is 0 Å². The van der Waals surface area contributed by atoms with Crippen molar-refractivity contribution in [1.29, 1.82) is 0 Å². The van der Waals surface area contributed by atoms with Gasteiger partial charge in [-0.2, -0.15) is 0 Å². The van der Waals surface area contributed by atoms with Crippen molar-refractivity contribution in [3.63, 3.8) is 0 Å². The summed E-state index contributed by atoms with van der Waals surface area (Å²) in [7, 11) is 0. The molecular formula is C16H22N2O3. The highest BCUT2D eigenvalue weighted by Crippen LogP contribution is 2.15. The molecular weight excluding hydrogens is 268 g/mol. The quantitative estimate of drug-likeness (QED) is 0.602. The van der Waals surface area contributed by atoms with Crippen LogP contribution in [0.1, 0.15) is 11.3 Å². The molecule has 21 heavy (non-hydrogen) atoms. The Morgan fingerprint density at radius 1 is 1.05 bits per heavy atom. The number of rotatable bonds is 7. The Bertz CT molecular complexity index is 568. The van der Waals surface area contributed by atoms with Crippen molar-refractivity contribution in [2.45, 2.75) is 19.0 Å². The summed E-state index contributed by atoms with van der Waals surface area (Å²) >= 11 is 0. The molecule has 0 unspecified atom stereocenters. The van der Waals surface area contributed by atoms with Gasteiger partial charge in [0.15, 0.2) is 0 Å². The molecule has 0 spiro atoms. The van der Waals surface area contributed by atoms with Crippen LogP contribution in [0.2, 0.25) is 0 Å². The highest BCUT2D eigenvalue weighted by molar-refractivity contribution is 5.38. The summed E-state index contributed by atoms with van der Waals surface area (Å²) in [6, 6.07) is 12.1. The minimum Gasteiger partial charge on any atom is -0.394 e. The molecule has 0 saturated carbocycles. The molecule has 5 nitrogen and oxygen atoms in total. The van der Waals surface area contributed by atoms with Crippen LogP contribution in [0.3, 0.4) is 0 Å². The number of nitrogens with one attached hydrogen (secondary N) is 1. The monoisotopic (exact) mass is 290 g/mol. The molecule has 0 aliphatic carbocycles. The van der Waals surface area contributed by atoms with Crippen molar-refractivity contribution < 1.29 is 15.3 Å². The second kappa shape index (κ2) is 6.87. The van der Waals surface area contributed by atoms with E-state index in [1.807, 2.05) is 48.0 Å². The van der Waals surface area contributed by atoms with Crippen LogP contribution in [0.15, 0.2) is 42.6 Å². The molecule has 114 valence electrons. The van der Waals surface area contributed by atoms with Crippen LogP contribution in [-0.4, -0.2) is 45.2 Å². The fourth-order valence-electron chi connectivity index (χ4n) is 2.19. The van der Waals surface area contributed by atoms with Gasteiger partial charge in [0.1, 0.15) is 0 Å². The number of hydrogen-bond acceptors (Lipinski definition) is 4. The zero-order valence-electron chi connectivity index (χ0n) is 12.2. The number of aryl methyl sites for hydroxylation is 1. The van der Waals surface area contributed by atoms with E-state index in [1.54, 1.807) is 0 Å². The van der Waals surface area contributed by atoms with Crippen molar-refractivity contribution in [2.24, 2.45) is 0 Å². The first-order valence-electron chi connectivity index (χ1n) is 6.95. The third-order valence-electron chi connectivity index (χ3n) is 3.67. The van der Waals surface area contributed by atoms with E-state index in [-0.39, 0.29) is 19.8 Å². The molecule has 0 atom stereocenters. The van der Waals surface area contributed by atoms with Gasteiger partial charge in [0.2, 0.25) is 0 Å². The minimum absolute atomic E-state index is 0.328. The number of aromatic nitrogens is 1. The van der Waals surface area contributed by atoms with Crippen molar-refractivity contribution >= 4 is 0 Å². The van der Waals surface area contributed by atoms with Crippen LogP contribution >= 0.6 is 0 Å². The summed E-state index contributed by atoms with van der Waals surface area (Å²) in [4.78, 5) is 0. The lowest BCUT2D eigenvalue weighted by molar-refractivity contribution is 0.0411. The SMILES string of the molecule is Cc1cccc(-n2cccc2CNC(CO)(CO)CO)c1. The molecule has 0 saturated heterocycles. The van der Waals surface area contributed by atoms with Crippen LogP contribution in [-0.2, 0) is 6.54 Å². The summed E-state index contributed by atoms with van der Waals surface area (Å²) in [5.74, 6) is 0. The van der Waals surface area contributed by atoms with Gasteiger partial charge < -0.3 is 19.9 Å². The van der Waals surface area contributed by atoms with Crippen LogP contribution in [0.5, 0.6) is 0 Å². The minimum atomic E-state index is -1.07. The van der Waals surface area contributed by atoms with Crippen molar-refractivity contribution in [3.05, 3.63) is 53.9 Å². The Morgan fingerprint density at radius 2 is 1.76 bits per heavy atom. The van der Waals surface area contributed by atoms with E-state index in [2.05, 4.69) is 11.4 Å². The van der Waals surface area contributed by atoms with Crippen molar-refractivity contribution in [1.82, 2.24) is 9.88 Å². The molecule has 1 heterocycles. The van der Waals surface area contributed by atoms with Gasteiger partial charge in [-0.3, -0.25) is 5.32 Å². The lowest BCUT2D eigenvalue weighted by atomic mass is 10.0. The average molecular weight is 290 g/mol. The summed E-state index contributed by atoms with van der Waals surface area (Å²) in [6.45, 7) is 1.49. The highest BCUT2D eigenvalue weighted by atomic mass is 16.3. The van der Waals surface area contributed by atoms with E-state index < -0.39 is 5.54 Å². The second-order valence-electron chi connectivity index (χ2n) is 5.32. The fourth-order valence-corrected chi connectivity index (χ4v) is 2.19. The normalized spacial score (nSPS) is 11.8. The van der Waals surface area contributed by atoms with Gasteiger partial charge in [-0.05, 0) is 36.8 Å². The third kappa shape index (κ3) is 3.51. The van der Waals surface area contributed by atoms with E-state index >= 15 is 0 Å². The summed E-state index contributed by atoms with van der Waals surface area (Å²) < 4.78 is 2.04. The fraction of sp³-hybridized carbons (Fsp3) is 0.375.